The number of nitrogens with one attached hydrogen (secondary N) is 1. The van der Waals surface area contributed by atoms with Crippen LogP contribution in [0.25, 0.3) is 6.08 Å². The summed E-state index contributed by atoms with van der Waals surface area (Å²) < 4.78 is 36.4. The van der Waals surface area contributed by atoms with E-state index in [4.69, 9.17) is 20.5 Å². The van der Waals surface area contributed by atoms with Crippen LogP contribution in [0, 0.1) is 31.9 Å². The van der Waals surface area contributed by atoms with E-state index in [1.807, 2.05) is 28.7 Å². The number of hydrogen-bond acceptors (Lipinski definition) is 8. The highest BCUT2D eigenvalue weighted by Crippen LogP contribution is 2.37. The van der Waals surface area contributed by atoms with Crippen LogP contribution in [0.1, 0.15) is 11.1 Å². The largest absolute Gasteiger partial charge is 0.493 e. The van der Waals surface area contributed by atoms with Gasteiger partial charge < -0.3 is 14.2 Å². The van der Waals surface area contributed by atoms with Gasteiger partial charge in [-0.25, -0.2) is 0 Å². The van der Waals surface area contributed by atoms with Crippen molar-refractivity contribution in [3.05, 3.63) is 90.0 Å². The first-order chi connectivity index (χ1) is 17.5. The average molecular weight is 654 g/mol. The highest BCUT2D eigenvalue weighted by atomic mass is 127. The first kappa shape index (κ1) is 27.9. The molecule has 190 valence electrons. The smallest absolute Gasteiger partial charge is 0.339 e. The molecule has 0 aliphatic rings. The number of carbonyl (C=O) groups is 1. The van der Waals surface area contributed by atoms with Gasteiger partial charge in [-0.15, -0.1) is 0 Å². The number of ether oxygens (including phenoxy) is 1. The maximum Gasteiger partial charge on any atom is 0.339 e. The number of para-hydroxylation sites is 1. The Morgan fingerprint density at radius 2 is 1.89 bits per heavy atom. The third-order valence-corrected chi connectivity index (χ3v) is 7.27. The number of nitrogens with zero attached hydrogens (tertiary/aromatic N) is 2. The molecule has 3 aromatic rings. The van der Waals surface area contributed by atoms with Crippen molar-refractivity contribution in [1.82, 2.24) is 0 Å². The topological polar surface area (TPSA) is 149 Å². The number of benzene rings is 3. The van der Waals surface area contributed by atoms with E-state index in [9.17, 15) is 28.6 Å². The number of amides is 1. The summed E-state index contributed by atoms with van der Waals surface area (Å²) in [4.78, 5) is 22.6. The van der Waals surface area contributed by atoms with E-state index in [1.54, 1.807) is 25.1 Å². The molecule has 13 heteroatoms. The van der Waals surface area contributed by atoms with Gasteiger partial charge in [0.1, 0.15) is 16.5 Å². The summed E-state index contributed by atoms with van der Waals surface area (Å²) in [6, 6.07) is 14.0. The normalized spacial score (nSPS) is 11.4. The number of rotatable bonds is 8. The molecule has 0 saturated carbocycles. The van der Waals surface area contributed by atoms with Crippen LogP contribution in [0.3, 0.4) is 0 Å². The zero-order chi connectivity index (χ0) is 27.3. The van der Waals surface area contributed by atoms with Crippen LogP contribution >= 0.6 is 34.2 Å². The molecule has 0 aliphatic heterocycles. The summed E-state index contributed by atoms with van der Waals surface area (Å²) in [5.74, 6) is -0.801. The van der Waals surface area contributed by atoms with Gasteiger partial charge in [-0.3, -0.25) is 14.9 Å². The second kappa shape index (κ2) is 11.6. The van der Waals surface area contributed by atoms with Gasteiger partial charge in [0.15, 0.2) is 11.5 Å². The fourth-order valence-corrected chi connectivity index (χ4v) is 5.19. The number of aryl methyl sites for hydroxylation is 1. The maximum absolute atomic E-state index is 12.8. The summed E-state index contributed by atoms with van der Waals surface area (Å²) in [6.07, 6.45) is 1.31. The quantitative estimate of drug-likeness (QED) is 0.0839. The Hall–Kier alpha value is -3.67. The molecule has 1 amide bonds. The SMILES string of the molecule is COc1cc(/C=C(\C#N)C(=O)Nc2c(C)cccc2Cl)cc(I)c1OS(=O)(=O)c1ccc([N+](=O)[O-])cc1. The number of carbonyl (C=O) groups excluding carboxylic acids is 1. The number of nitriles is 1. The molecule has 1 N–H and O–H groups in total. The van der Waals surface area contributed by atoms with Crippen LogP contribution in [0.4, 0.5) is 11.4 Å². The summed E-state index contributed by atoms with van der Waals surface area (Å²) in [6.45, 7) is 1.76. The fraction of sp³-hybridized carbons (Fsp3) is 0.0833. The van der Waals surface area contributed by atoms with Crippen molar-refractivity contribution in [2.45, 2.75) is 11.8 Å². The van der Waals surface area contributed by atoms with Gasteiger partial charge in [0, 0.05) is 12.1 Å². The molecule has 0 aliphatic carbocycles. The van der Waals surface area contributed by atoms with Crippen LogP contribution < -0.4 is 14.2 Å². The van der Waals surface area contributed by atoms with Gasteiger partial charge in [0.2, 0.25) is 0 Å². The molecule has 0 saturated heterocycles. The Balaban J connectivity index is 1.92. The minimum absolute atomic E-state index is 0.0169. The van der Waals surface area contributed by atoms with E-state index < -0.39 is 20.9 Å². The van der Waals surface area contributed by atoms with E-state index in [0.29, 0.717) is 25.4 Å². The Bertz CT molecular complexity index is 1550. The minimum Gasteiger partial charge on any atom is -0.493 e. The van der Waals surface area contributed by atoms with Crippen LogP contribution in [0.2, 0.25) is 5.02 Å². The third-order valence-electron chi connectivity index (χ3n) is 4.92. The lowest BCUT2D eigenvalue weighted by Crippen LogP contribution is -2.14. The van der Waals surface area contributed by atoms with Gasteiger partial charge in [0.05, 0.1) is 26.3 Å². The molecule has 0 unspecified atom stereocenters. The molecule has 3 rings (SSSR count). The van der Waals surface area contributed by atoms with Crippen molar-refractivity contribution in [2.24, 2.45) is 0 Å². The molecule has 0 spiro atoms. The molecule has 37 heavy (non-hydrogen) atoms. The number of nitro benzene ring substituents is 1. The van der Waals surface area contributed by atoms with Crippen LogP contribution in [-0.2, 0) is 14.9 Å². The summed E-state index contributed by atoms with van der Waals surface area (Å²) in [5, 5.41) is 23.3. The van der Waals surface area contributed by atoms with Crippen LogP contribution in [0.15, 0.2) is 65.1 Å². The average Bonchev–Trinajstić information content (AvgIpc) is 2.86. The number of hydrogen-bond donors (Lipinski definition) is 1. The zero-order valence-corrected chi connectivity index (χ0v) is 22.9. The molecule has 3 aromatic carbocycles. The van der Waals surface area contributed by atoms with Crippen LogP contribution in [0.5, 0.6) is 11.5 Å². The van der Waals surface area contributed by atoms with Gasteiger partial charge >= 0.3 is 10.1 Å². The van der Waals surface area contributed by atoms with E-state index in [0.717, 1.165) is 24.3 Å². The third kappa shape index (κ3) is 6.56. The number of anilines is 1. The van der Waals surface area contributed by atoms with Crippen LogP contribution in [-0.4, -0.2) is 26.4 Å². The maximum atomic E-state index is 12.8. The first-order valence-electron chi connectivity index (χ1n) is 10.2. The standard InChI is InChI=1S/C24H17ClIN3O7S/c1-14-4-3-5-19(25)22(14)28-24(30)16(13-27)10-15-11-20(26)23(21(12-15)35-2)36-37(33,34)18-8-6-17(7-9-18)29(31)32/h3-12H,1-2H3,(H,28,30)/b16-10+. The van der Waals surface area contributed by atoms with Crippen molar-refractivity contribution in [3.8, 4) is 17.6 Å². The van der Waals surface area contributed by atoms with Gasteiger partial charge in [-0.2, -0.15) is 13.7 Å². The molecule has 0 atom stereocenters. The summed E-state index contributed by atoms with van der Waals surface area (Å²) in [7, 11) is -3.07. The second-order valence-corrected chi connectivity index (χ2v) is 10.5. The van der Waals surface area contributed by atoms with Crippen molar-refractivity contribution in [1.29, 1.82) is 5.26 Å². The van der Waals surface area contributed by atoms with Gasteiger partial charge in [-0.05, 0) is 77.0 Å². The molecule has 0 radical (unpaired) electrons. The van der Waals surface area contributed by atoms with Gasteiger partial charge in [-0.1, -0.05) is 23.7 Å². The lowest BCUT2D eigenvalue weighted by Gasteiger charge is -2.14. The molecular formula is C24H17ClIN3O7S. The molecule has 0 bridgehead atoms. The minimum atomic E-state index is -4.36. The zero-order valence-electron chi connectivity index (χ0n) is 19.2. The molecule has 0 aromatic heterocycles. The van der Waals surface area contributed by atoms with E-state index in [-0.39, 0.29) is 27.7 Å². The van der Waals surface area contributed by atoms with Crippen molar-refractivity contribution in [3.63, 3.8) is 0 Å². The monoisotopic (exact) mass is 653 g/mol. The van der Waals surface area contributed by atoms with Crippen molar-refractivity contribution < 1.29 is 27.1 Å². The Labute approximate surface area is 230 Å². The number of methoxy groups -OCH3 is 1. The molecular weight excluding hydrogens is 637 g/mol. The van der Waals surface area contributed by atoms with E-state index >= 15 is 0 Å². The molecule has 0 fully saturated rings. The van der Waals surface area contributed by atoms with E-state index in [1.165, 1.54) is 25.3 Å². The first-order valence-corrected chi connectivity index (χ1v) is 13.1. The lowest BCUT2D eigenvalue weighted by atomic mass is 10.1. The Kier molecular flexibility index (Phi) is 8.74. The molecule has 0 heterocycles. The highest BCUT2D eigenvalue weighted by Gasteiger charge is 2.23. The second-order valence-electron chi connectivity index (χ2n) is 7.38. The van der Waals surface area contributed by atoms with Crippen molar-refractivity contribution in [2.75, 3.05) is 12.4 Å². The molecule has 10 nitrogen and oxygen atoms in total. The fourth-order valence-electron chi connectivity index (χ4n) is 3.08. The number of non-ortho nitro benzene ring substituents is 1. The summed E-state index contributed by atoms with van der Waals surface area (Å²) in [5.41, 5.74) is 0.949. The van der Waals surface area contributed by atoms with Crippen molar-refractivity contribution >= 4 is 67.7 Å². The van der Waals surface area contributed by atoms with E-state index in [2.05, 4.69) is 5.32 Å². The summed E-state index contributed by atoms with van der Waals surface area (Å²) >= 11 is 7.97. The number of halogens is 2. The lowest BCUT2D eigenvalue weighted by molar-refractivity contribution is -0.384. The van der Waals surface area contributed by atoms with Gasteiger partial charge in [0.25, 0.3) is 11.6 Å². The Morgan fingerprint density at radius 3 is 2.46 bits per heavy atom. The predicted octanol–water partition coefficient (Wildman–Crippen LogP) is 5.48. The highest BCUT2D eigenvalue weighted by molar-refractivity contribution is 14.1. The predicted molar refractivity (Wildman–Crippen MR) is 145 cm³/mol. The number of nitro groups is 1. The Morgan fingerprint density at radius 1 is 1.22 bits per heavy atom.